The fraction of sp³-hybridized carbons (Fsp3) is 0.143. The number of benzene rings is 2. The number of amides is 1. The predicted molar refractivity (Wildman–Crippen MR) is 123 cm³/mol. The Morgan fingerprint density at radius 2 is 2.00 bits per heavy atom. The van der Waals surface area contributed by atoms with Crippen LogP contribution in [0.4, 0.5) is 5.69 Å². The highest BCUT2D eigenvalue weighted by molar-refractivity contribution is 14.1. The maximum Gasteiger partial charge on any atom is 0.285 e. The van der Waals surface area contributed by atoms with Gasteiger partial charge in [0.2, 0.25) is 0 Å². The van der Waals surface area contributed by atoms with E-state index in [1.807, 2.05) is 49.4 Å². The number of furan rings is 1. The van der Waals surface area contributed by atoms with Gasteiger partial charge in [0, 0.05) is 25.9 Å². The van der Waals surface area contributed by atoms with Crippen LogP contribution in [0.15, 0.2) is 64.1 Å². The Bertz CT molecular complexity index is 982. The topological polar surface area (TPSA) is 75.9 Å². The Hall–Kier alpha value is -2.52. The van der Waals surface area contributed by atoms with E-state index in [9.17, 15) is 4.79 Å². The third-order valence-corrected chi connectivity index (χ3v) is 5.07. The quantitative estimate of drug-likeness (QED) is 0.248. The molecule has 6 nitrogen and oxygen atoms in total. The minimum absolute atomic E-state index is 0.113. The highest BCUT2D eigenvalue weighted by Crippen LogP contribution is 2.22. The Morgan fingerprint density at radius 1 is 1.21 bits per heavy atom. The van der Waals surface area contributed by atoms with E-state index >= 15 is 0 Å². The van der Waals surface area contributed by atoms with Gasteiger partial charge in [-0.05, 0) is 71.5 Å². The summed E-state index contributed by atoms with van der Waals surface area (Å²) in [6.45, 7) is 2.39. The molecule has 0 saturated carbocycles. The van der Waals surface area contributed by atoms with Crippen LogP contribution in [-0.2, 0) is 11.4 Å². The standard InChI is InChI=1S/C21H19ClIN3O3/c1-14-3-2-4-19(22)18(14)13-28-21-10-9-17(29-21)11-25-26-20(27)12-24-16-7-5-15(23)6-8-16/h2-11,24H,12-13H2,1H3,(H,26,27)/b25-11+. The number of anilines is 1. The SMILES string of the molecule is Cc1cccc(Cl)c1COc1ccc(/C=N/NC(=O)CNc2ccc(I)cc2)o1. The third-order valence-electron chi connectivity index (χ3n) is 3.99. The largest absolute Gasteiger partial charge is 0.460 e. The zero-order chi connectivity index (χ0) is 20.6. The molecule has 1 heterocycles. The summed E-state index contributed by atoms with van der Waals surface area (Å²) < 4.78 is 12.3. The molecule has 0 aliphatic rings. The van der Waals surface area contributed by atoms with Crippen LogP contribution >= 0.6 is 34.2 Å². The van der Waals surface area contributed by atoms with Gasteiger partial charge in [0.25, 0.3) is 11.9 Å². The van der Waals surface area contributed by atoms with Crippen LogP contribution in [-0.4, -0.2) is 18.7 Å². The van der Waals surface area contributed by atoms with Gasteiger partial charge in [0.1, 0.15) is 6.61 Å². The number of hydrogen-bond donors (Lipinski definition) is 2. The molecule has 0 saturated heterocycles. The lowest BCUT2D eigenvalue weighted by Crippen LogP contribution is -2.25. The molecule has 0 spiro atoms. The molecule has 0 bridgehead atoms. The van der Waals surface area contributed by atoms with E-state index in [1.54, 1.807) is 12.1 Å². The minimum Gasteiger partial charge on any atom is -0.460 e. The van der Waals surface area contributed by atoms with Crippen LogP contribution in [0.5, 0.6) is 5.95 Å². The first-order valence-electron chi connectivity index (χ1n) is 8.79. The second kappa shape index (κ2) is 10.3. The van der Waals surface area contributed by atoms with Gasteiger partial charge >= 0.3 is 0 Å². The molecule has 0 atom stereocenters. The summed E-state index contributed by atoms with van der Waals surface area (Å²) in [4.78, 5) is 11.8. The van der Waals surface area contributed by atoms with Crippen LogP contribution < -0.4 is 15.5 Å². The molecule has 3 rings (SSSR count). The van der Waals surface area contributed by atoms with Crippen molar-refractivity contribution in [2.75, 3.05) is 11.9 Å². The molecule has 0 unspecified atom stereocenters. The number of hydrazone groups is 1. The molecule has 1 amide bonds. The number of halogens is 2. The Balaban J connectivity index is 1.45. The Morgan fingerprint density at radius 3 is 2.76 bits per heavy atom. The van der Waals surface area contributed by atoms with Crippen molar-refractivity contribution >= 4 is 52.0 Å². The van der Waals surface area contributed by atoms with Gasteiger partial charge in [-0.2, -0.15) is 5.10 Å². The molecule has 150 valence electrons. The molecule has 8 heteroatoms. The first-order chi connectivity index (χ1) is 14.0. The van der Waals surface area contributed by atoms with Gasteiger partial charge in [-0.15, -0.1) is 0 Å². The van der Waals surface area contributed by atoms with Crippen LogP contribution in [0.25, 0.3) is 0 Å². The summed E-state index contributed by atoms with van der Waals surface area (Å²) in [6.07, 6.45) is 1.41. The molecular formula is C21H19ClIN3O3. The van der Waals surface area contributed by atoms with Crippen molar-refractivity contribution in [2.24, 2.45) is 5.10 Å². The summed E-state index contributed by atoms with van der Waals surface area (Å²) in [7, 11) is 0. The first-order valence-corrected chi connectivity index (χ1v) is 10.2. The molecule has 29 heavy (non-hydrogen) atoms. The smallest absolute Gasteiger partial charge is 0.285 e. The lowest BCUT2D eigenvalue weighted by atomic mass is 10.1. The molecule has 3 aromatic rings. The van der Waals surface area contributed by atoms with E-state index in [4.69, 9.17) is 20.8 Å². The molecule has 0 aliphatic heterocycles. The van der Waals surface area contributed by atoms with Gasteiger partial charge in [0.15, 0.2) is 5.76 Å². The molecule has 0 aliphatic carbocycles. The third kappa shape index (κ3) is 6.50. The Kier molecular flexibility index (Phi) is 7.54. The van der Waals surface area contributed by atoms with Gasteiger partial charge in [-0.1, -0.05) is 23.7 Å². The first kappa shape index (κ1) is 21.2. The van der Waals surface area contributed by atoms with Crippen molar-refractivity contribution < 1.29 is 13.9 Å². The van der Waals surface area contributed by atoms with E-state index < -0.39 is 0 Å². The van der Waals surface area contributed by atoms with Crippen LogP contribution in [0, 0.1) is 10.5 Å². The minimum atomic E-state index is -0.267. The zero-order valence-corrected chi connectivity index (χ0v) is 18.5. The van der Waals surface area contributed by atoms with Crippen LogP contribution in [0.3, 0.4) is 0 Å². The van der Waals surface area contributed by atoms with Crippen molar-refractivity contribution in [1.82, 2.24) is 5.43 Å². The summed E-state index contributed by atoms with van der Waals surface area (Å²) in [5, 5.41) is 7.57. The molecule has 1 aromatic heterocycles. The maximum atomic E-state index is 11.8. The fourth-order valence-electron chi connectivity index (χ4n) is 2.43. The van der Waals surface area contributed by atoms with E-state index in [1.165, 1.54) is 6.21 Å². The summed E-state index contributed by atoms with van der Waals surface area (Å²) in [5.41, 5.74) is 5.27. The lowest BCUT2D eigenvalue weighted by Gasteiger charge is -2.08. The molecule has 2 aromatic carbocycles. The number of nitrogens with one attached hydrogen (secondary N) is 2. The van der Waals surface area contributed by atoms with Crippen molar-refractivity contribution in [1.29, 1.82) is 0 Å². The summed E-state index contributed by atoms with van der Waals surface area (Å²) in [6, 6.07) is 16.8. The molecule has 0 radical (unpaired) electrons. The van der Waals surface area contributed by atoms with Crippen molar-refractivity contribution in [3.8, 4) is 5.95 Å². The Labute approximate surface area is 187 Å². The average molecular weight is 524 g/mol. The number of nitrogens with zero attached hydrogens (tertiary/aromatic N) is 1. The van der Waals surface area contributed by atoms with Crippen molar-refractivity contribution in [2.45, 2.75) is 13.5 Å². The highest BCUT2D eigenvalue weighted by atomic mass is 127. The zero-order valence-electron chi connectivity index (χ0n) is 15.6. The number of carbonyl (C=O) groups is 1. The fourth-order valence-corrected chi connectivity index (χ4v) is 3.07. The van der Waals surface area contributed by atoms with Gasteiger partial charge in [-0.3, -0.25) is 4.79 Å². The molecule has 0 fully saturated rings. The highest BCUT2D eigenvalue weighted by Gasteiger charge is 2.07. The molecular weight excluding hydrogens is 505 g/mol. The normalized spacial score (nSPS) is 10.9. The van der Waals surface area contributed by atoms with Gasteiger partial charge in [0.05, 0.1) is 12.8 Å². The number of ether oxygens (including phenoxy) is 1. The summed E-state index contributed by atoms with van der Waals surface area (Å²) in [5.74, 6) is 0.538. The molecule has 2 N–H and O–H groups in total. The van der Waals surface area contributed by atoms with Gasteiger partial charge < -0.3 is 14.5 Å². The number of rotatable bonds is 8. The van der Waals surface area contributed by atoms with E-state index in [-0.39, 0.29) is 12.5 Å². The van der Waals surface area contributed by atoms with Crippen LogP contribution in [0.2, 0.25) is 5.02 Å². The lowest BCUT2D eigenvalue weighted by molar-refractivity contribution is -0.119. The predicted octanol–water partition coefficient (Wildman–Crippen LogP) is 4.99. The van der Waals surface area contributed by atoms with E-state index in [0.29, 0.717) is 23.3 Å². The average Bonchev–Trinajstić information content (AvgIpc) is 3.15. The van der Waals surface area contributed by atoms with E-state index in [0.717, 1.165) is 20.4 Å². The number of aryl methyl sites for hydroxylation is 1. The van der Waals surface area contributed by atoms with Crippen molar-refractivity contribution in [3.05, 3.63) is 80.1 Å². The second-order valence-corrected chi connectivity index (χ2v) is 7.79. The number of carbonyl (C=O) groups excluding carboxylic acids is 1. The second-order valence-electron chi connectivity index (χ2n) is 6.13. The van der Waals surface area contributed by atoms with Gasteiger partial charge in [-0.25, -0.2) is 5.43 Å². The maximum absolute atomic E-state index is 11.8. The van der Waals surface area contributed by atoms with E-state index in [2.05, 4.69) is 38.4 Å². The summed E-state index contributed by atoms with van der Waals surface area (Å²) >= 11 is 8.42. The monoisotopic (exact) mass is 523 g/mol. The van der Waals surface area contributed by atoms with Crippen molar-refractivity contribution in [3.63, 3.8) is 0 Å². The van der Waals surface area contributed by atoms with Crippen LogP contribution in [0.1, 0.15) is 16.9 Å². The number of hydrogen-bond acceptors (Lipinski definition) is 5.